The molecule has 0 aromatic carbocycles. The van der Waals surface area contributed by atoms with E-state index in [0.717, 1.165) is 0 Å². The average molecular weight is 271 g/mol. The molecule has 1 aromatic rings. The van der Waals surface area contributed by atoms with E-state index in [9.17, 15) is 9.59 Å². The van der Waals surface area contributed by atoms with Gasteiger partial charge in [0.15, 0.2) is 0 Å². The third-order valence-corrected chi connectivity index (χ3v) is 2.73. The van der Waals surface area contributed by atoms with Crippen molar-refractivity contribution in [2.75, 3.05) is 7.11 Å². The van der Waals surface area contributed by atoms with Crippen molar-refractivity contribution < 1.29 is 14.3 Å². The fourth-order valence-electron chi connectivity index (χ4n) is 1.40. The van der Waals surface area contributed by atoms with E-state index in [1.54, 1.807) is 0 Å². The Balaban J connectivity index is 2.86. The molecule has 1 rings (SSSR count). The summed E-state index contributed by atoms with van der Waals surface area (Å²) in [6.07, 6.45) is 2.84. The molecule has 1 N–H and O–H groups in total. The second-order valence-corrected chi connectivity index (χ2v) is 4.48. The standard InChI is InChI=1S/C12H15ClN2O3/c1-7(2)10(12(17)18-3)15-11(16)8-4-5-14-6-9(8)13/h4-7,10H,1-3H3,(H,15,16)/t10-/m0/s1. The van der Waals surface area contributed by atoms with Gasteiger partial charge >= 0.3 is 5.97 Å². The van der Waals surface area contributed by atoms with Gasteiger partial charge in [-0.15, -0.1) is 0 Å². The number of esters is 1. The summed E-state index contributed by atoms with van der Waals surface area (Å²) < 4.78 is 4.64. The molecule has 0 aliphatic heterocycles. The Morgan fingerprint density at radius 3 is 2.61 bits per heavy atom. The van der Waals surface area contributed by atoms with Crippen LogP contribution in [-0.2, 0) is 9.53 Å². The molecule has 0 saturated heterocycles. The zero-order valence-electron chi connectivity index (χ0n) is 10.4. The van der Waals surface area contributed by atoms with E-state index in [1.165, 1.54) is 25.6 Å². The maximum Gasteiger partial charge on any atom is 0.328 e. The second-order valence-electron chi connectivity index (χ2n) is 4.07. The average Bonchev–Trinajstić information content (AvgIpc) is 2.35. The highest BCUT2D eigenvalue weighted by Crippen LogP contribution is 2.14. The molecular weight excluding hydrogens is 256 g/mol. The minimum atomic E-state index is -0.702. The van der Waals surface area contributed by atoms with Crippen LogP contribution in [0.1, 0.15) is 24.2 Å². The first-order chi connectivity index (χ1) is 8.47. The number of rotatable bonds is 4. The fourth-order valence-corrected chi connectivity index (χ4v) is 1.61. The maximum atomic E-state index is 12.0. The molecule has 0 bridgehead atoms. The van der Waals surface area contributed by atoms with Crippen molar-refractivity contribution in [3.8, 4) is 0 Å². The van der Waals surface area contributed by atoms with Gasteiger partial charge in [-0.05, 0) is 12.0 Å². The molecule has 1 heterocycles. The lowest BCUT2D eigenvalue weighted by molar-refractivity contribution is -0.144. The number of nitrogens with zero attached hydrogens (tertiary/aromatic N) is 1. The second kappa shape index (κ2) is 6.35. The smallest absolute Gasteiger partial charge is 0.328 e. The summed E-state index contributed by atoms with van der Waals surface area (Å²) in [5, 5.41) is 2.84. The van der Waals surface area contributed by atoms with Crippen LogP contribution in [0.15, 0.2) is 18.5 Å². The van der Waals surface area contributed by atoms with E-state index in [4.69, 9.17) is 11.6 Å². The van der Waals surface area contributed by atoms with E-state index >= 15 is 0 Å². The SMILES string of the molecule is COC(=O)[C@@H](NC(=O)c1ccncc1Cl)C(C)C. The molecule has 0 radical (unpaired) electrons. The number of amides is 1. The third-order valence-electron chi connectivity index (χ3n) is 2.43. The summed E-state index contributed by atoms with van der Waals surface area (Å²) in [6.45, 7) is 3.63. The van der Waals surface area contributed by atoms with Gasteiger partial charge in [0.2, 0.25) is 0 Å². The van der Waals surface area contributed by atoms with Crippen LogP contribution in [0.3, 0.4) is 0 Å². The van der Waals surface area contributed by atoms with E-state index in [-0.39, 0.29) is 16.5 Å². The molecule has 1 aromatic heterocycles. The van der Waals surface area contributed by atoms with Gasteiger partial charge in [0.05, 0.1) is 17.7 Å². The lowest BCUT2D eigenvalue weighted by Gasteiger charge is -2.19. The molecule has 98 valence electrons. The number of hydrogen-bond donors (Lipinski definition) is 1. The number of pyridine rings is 1. The first kappa shape index (κ1) is 14.4. The first-order valence-electron chi connectivity index (χ1n) is 5.45. The van der Waals surface area contributed by atoms with Crippen LogP contribution in [-0.4, -0.2) is 30.0 Å². The Labute approximate surface area is 110 Å². The van der Waals surface area contributed by atoms with Crippen molar-refractivity contribution in [3.05, 3.63) is 29.0 Å². The molecular formula is C12H15ClN2O3. The van der Waals surface area contributed by atoms with E-state index < -0.39 is 17.9 Å². The summed E-state index contributed by atoms with van der Waals surface area (Å²) >= 11 is 5.86. The molecule has 6 heteroatoms. The first-order valence-corrected chi connectivity index (χ1v) is 5.83. The van der Waals surface area contributed by atoms with Gasteiger partial charge in [-0.2, -0.15) is 0 Å². The Kier molecular flexibility index (Phi) is 5.09. The Morgan fingerprint density at radius 2 is 2.11 bits per heavy atom. The molecule has 18 heavy (non-hydrogen) atoms. The van der Waals surface area contributed by atoms with Crippen LogP contribution in [0.4, 0.5) is 0 Å². The zero-order chi connectivity index (χ0) is 13.7. The molecule has 0 aliphatic rings. The van der Waals surface area contributed by atoms with Crippen molar-refractivity contribution in [1.82, 2.24) is 10.3 Å². The molecule has 0 unspecified atom stereocenters. The molecule has 1 amide bonds. The van der Waals surface area contributed by atoms with Crippen molar-refractivity contribution in [2.45, 2.75) is 19.9 Å². The highest BCUT2D eigenvalue weighted by molar-refractivity contribution is 6.33. The van der Waals surface area contributed by atoms with Gasteiger partial charge in [-0.1, -0.05) is 25.4 Å². The summed E-state index contributed by atoms with van der Waals surface area (Å²) in [5.74, 6) is -0.989. The molecule has 1 atom stereocenters. The van der Waals surface area contributed by atoms with Crippen LogP contribution in [0, 0.1) is 5.92 Å². The van der Waals surface area contributed by atoms with E-state index in [0.29, 0.717) is 0 Å². The van der Waals surface area contributed by atoms with E-state index in [2.05, 4.69) is 15.0 Å². The highest BCUT2D eigenvalue weighted by Gasteiger charge is 2.25. The molecule has 0 aliphatic carbocycles. The van der Waals surface area contributed by atoms with Crippen LogP contribution in [0.25, 0.3) is 0 Å². The molecule has 0 spiro atoms. The quantitative estimate of drug-likeness (QED) is 0.845. The van der Waals surface area contributed by atoms with E-state index in [1.807, 2.05) is 13.8 Å². The van der Waals surface area contributed by atoms with Crippen LogP contribution in [0.2, 0.25) is 5.02 Å². The monoisotopic (exact) mass is 270 g/mol. The number of methoxy groups -OCH3 is 1. The minimum Gasteiger partial charge on any atom is -0.467 e. The Hall–Kier alpha value is -1.62. The van der Waals surface area contributed by atoms with Crippen LogP contribution >= 0.6 is 11.6 Å². The number of hydrogen-bond acceptors (Lipinski definition) is 4. The van der Waals surface area contributed by atoms with Gasteiger partial charge in [0.25, 0.3) is 5.91 Å². The normalized spacial score (nSPS) is 12.1. The topological polar surface area (TPSA) is 68.3 Å². The summed E-state index contributed by atoms with van der Waals surface area (Å²) in [7, 11) is 1.28. The summed E-state index contributed by atoms with van der Waals surface area (Å²) in [5.41, 5.74) is 0.279. The Bertz CT molecular complexity index is 449. The summed E-state index contributed by atoms with van der Waals surface area (Å²) in [4.78, 5) is 27.3. The maximum absolute atomic E-state index is 12.0. The molecule has 5 nitrogen and oxygen atoms in total. The minimum absolute atomic E-state index is 0.0815. The number of ether oxygens (including phenoxy) is 1. The molecule has 0 saturated carbocycles. The van der Waals surface area contributed by atoms with Gasteiger partial charge in [-0.25, -0.2) is 4.79 Å². The number of carbonyl (C=O) groups excluding carboxylic acids is 2. The van der Waals surface area contributed by atoms with Crippen molar-refractivity contribution in [2.24, 2.45) is 5.92 Å². The number of carbonyl (C=O) groups is 2. The zero-order valence-corrected chi connectivity index (χ0v) is 11.2. The predicted octanol–water partition coefficient (Wildman–Crippen LogP) is 1.66. The largest absolute Gasteiger partial charge is 0.467 e. The van der Waals surface area contributed by atoms with Gasteiger partial charge in [0, 0.05) is 12.4 Å². The number of aromatic nitrogens is 1. The van der Waals surface area contributed by atoms with Crippen molar-refractivity contribution >= 4 is 23.5 Å². The third kappa shape index (κ3) is 3.43. The van der Waals surface area contributed by atoms with Gasteiger partial charge in [-0.3, -0.25) is 9.78 Å². The Morgan fingerprint density at radius 1 is 1.44 bits per heavy atom. The lowest BCUT2D eigenvalue weighted by atomic mass is 10.0. The fraction of sp³-hybridized carbons (Fsp3) is 0.417. The van der Waals surface area contributed by atoms with Gasteiger partial charge in [0.1, 0.15) is 6.04 Å². The van der Waals surface area contributed by atoms with Crippen molar-refractivity contribution in [3.63, 3.8) is 0 Å². The lowest BCUT2D eigenvalue weighted by Crippen LogP contribution is -2.45. The summed E-state index contributed by atoms with van der Waals surface area (Å²) in [6, 6.07) is 0.790. The van der Waals surface area contributed by atoms with Gasteiger partial charge < -0.3 is 10.1 Å². The number of nitrogens with one attached hydrogen (secondary N) is 1. The van der Waals surface area contributed by atoms with Crippen LogP contribution < -0.4 is 5.32 Å². The number of halogens is 1. The van der Waals surface area contributed by atoms with Crippen molar-refractivity contribution in [1.29, 1.82) is 0 Å². The molecule has 0 fully saturated rings. The highest BCUT2D eigenvalue weighted by atomic mass is 35.5. The predicted molar refractivity (Wildman–Crippen MR) is 67.4 cm³/mol. The van der Waals surface area contributed by atoms with Crippen LogP contribution in [0.5, 0.6) is 0 Å².